The molecular weight excluding hydrogens is 368 g/mol. The second-order valence-electron chi connectivity index (χ2n) is 8.79. The van der Waals surface area contributed by atoms with Crippen LogP contribution in [0.15, 0.2) is 30.3 Å². The molecule has 0 aromatic heterocycles. The number of nitrogens with zero attached hydrogens (tertiary/aromatic N) is 1. The van der Waals surface area contributed by atoms with Gasteiger partial charge in [-0.2, -0.15) is 0 Å². The lowest BCUT2D eigenvalue weighted by Crippen LogP contribution is -2.48. The molecule has 29 heavy (non-hydrogen) atoms. The fourth-order valence-electron chi connectivity index (χ4n) is 3.82. The third-order valence-corrected chi connectivity index (χ3v) is 5.91. The maximum absolute atomic E-state index is 12.7. The van der Waals surface area contributed by atoms with Gasteiger partial charge in [-0.05, 0) is 51.0 Å². The average Bonchev–Trinajstić information content (AvgIpc) is 2.67. The summed E-state index contributed by atoms with van der Waals surface area (Å²) < 4.78 is 0. The van der Waals surface area contributed by atoms with Gasteiger partial charge in [0.2, 0.25) is 11.8 Å². The minimum Gasteiger partial charge on any atom is -0.390 e. The third-order valence-electron chi connectivity index (χ3n) is 5.91. The fourth-order valence-corrected chi connectivity index (χ4v) is 3.82. The SMILES string of the molecule is CC1CCCC(C)(O)CCCN(C)C(=O)C[C@H](O)[C@H](Cc2ccccc2)NC1=O. The van der Waals surface area contributed by atoms with Crippen LogP contribution in [0.4, 0.5) is 0 Å². The van der Waals surface area contributed by atoms with Crippen molar-refractivity contribution < 1.29 is 19.8 Å². The Kier molecular flexibility index (Phi) is 8.65. The zero-order valence-corrected chi connectivity index (χ0v) is 17.9. The number of aliphatic hydroxyl groups is 2. The first kappa shape index (κ1) is 23.4. The van der Waals surface area contributed by atoms with Crippen LogP contribution in [0.1, 0.15) is 57.9 Å². The van der Waals surface area contributed by atoms with Gasteiger partial charge in [-0.15, -0.1) is 0 Å². The van der Waals surface area contributed by atoms with E-state index >= 15 is 0 Å². The van der Waals surface area contributed by atoms with Gasteiger partial charge in [0, 0.05) is 19.5 Å². The Hall–Kier alpha value is -1.92. The Morgan fingerprint density at radius 2 is 1.83 bits per heavy atom. The number of rotatable bonds is 2. The van der Waals surface area contributed by atoms with Crippen LogP contribution in [-0.2, 0) is 16.0 Å². The molecule has 0 saturated carbocycles. The van der Waals surface area contributed by atoms with Crippen LogP contribution in [-0.4, -0.2) is 58.3 Å². The maximum atomic E-state index is 12.7. The summed E-state index contributed by atoms with van der Waals surface area (Å²) >= 11 is 0. The molecule has 1 aromatic rings. The first-order chi connectivity index (χ1) is 13.7. The van der Waals surface area contributed by atoms with Crippen LogP contribution >= 0.6 is 0 Å². The van der Waals surface area contributed by atoms with E-state index in [0.29, 0.717) is 38.6 Å². The summed E-state index contributed by atoms with van der Waals surface area (Å²) in [6.45, 7) is 4.22. The van der Waals surface area contributed by atoms with E-state index in [1.54, 1.807) is 11.9 Å². The number of aliphatic hydroxyl groups excluding tert-OH is 1. The molecular formula is C23H36N2O4. The van der Waals surface area contributed by atoms with Gasteiger partial charge in [0.25, 0.3) is 0 Å². The zero-order valence-electron chi connectivity index (χ0n) is 17.9. The Morgan fingerprint density at radius 1 is 1.17 bits per heavy atom. The van der Waals surface area contributed by atoms with Crippen molar-refractivity contribution in [1.82, 2.24) is 10.2 Å². The van der Waals surface area contributed by atoms with Crippen LogP contribution in [0.2, 0.25) is 0 Å². The van der Waals surface area contributed by atoms with Crippen molar-refractivity contribution >= 4 is 11.8 Å². The zero-order chi connectivity index (χ0) is 21.4. The maximum Gasteiger partial charge on any atom is 0.224 e. The van der Waals surface area contributed by atoms with Crippen LogP contribution < -0.4 is 5.32 Å². The number of hydrogen-bond acceptors (Lipinski definition) is 4. The molecule has 1 aliphatic heterocycles. The Bertz CT molecular complexity index is 662. The third kappa shape index (κ3) is 7.78. The van der Waals surface area contributed by atoms with E-state index in [4.69, 9.17) is 0 Å². The van der Waals surface area contributed by atoms with Crippen LogP contribution in [0.25, 0.3) is 0 Å². The van der Waals surface area contributed by atoms with Crippen molar-refractivity contribution in [3.05, 3.63) is 35.9 Å². The van der Waals surface area contributed by atoms with E-state index in [1.165, 1.54) is 0 Å². The molecule has 1 aromatic carbocycles. The van der Waals surface area contributed by atoms with E-state index in [9.17, 15) is 19.8 Å². The molecule has 6 heteroatoms. The van der Waals surface area contributed by atoms with Gasteiger partial charge in [-0.25, -0.2) is 0 Å². The topological polar surface area (TPSA) is 89.9 Å². The van der Waals surface area contributed by atoms with Gasteiger partial charge >= 0.3 is 0 Å². The van der Waals surface area contributed by atoms with E-state index < -0.39 is 17.7 Å². The summed E-state index contributed by atoms with van der Waals surface area (Å²) in [7, 11) is 1.72. The molecule has 1 aliphatic rings. The highest BCUT2D eigenvalue weighted by atomic mass is 16.3. The van der Waals surface area contributed by atoms with Gasteiger partial charge in [0.15, 0.2) is 0 Å². The monoisotopic (exact) mass is 404 g/mol. The van der Waals surface area contributed by atoms with Crippen molar-refractivity contribution in [2.24, 2.45) is 5.92 Å². The standard InChI is InChI=1S/C23H36N2O4/c1-17-9-7-12-23(2,29)13-8-14-25(3)21(27)16-20(26)19(24-22(17)28)15-18-10-5-4-6-11-18/h4-6,10-11,17,19-20,26,29H,7-9,12-16H2,1-3H3,(H,24,28)/t17?,19-,20-,23?/m0/s1. The summed E-state index contributed by atoms with van der Waals surface area (Å²) in [5, 5.41) is 24.3. The van der Waals surface area contributed by atoms with Crippen LogP contribution in [0.5, 0.6) is 0 Å². The van der Waals surface area contributed by atoms with Crippen LogP contribution in [0, 0.1) is 5.92 Å². The molecule has 2 amide bonds. The highest BCUT2D eigenvalue weighted by molar-refractivity contribution is 5.79. The molecule has 1 heterocycles. The number of amides is 2. The lowest BCUT2D eigenvalue weighted by molar-refractivity contribution is -0.134. The van der Waals surface area contributed by atoms with Gasteiger partial charge < -0.3 is 20.4 Å². The molecule has 0 bridgehead atoms. The fraction of sp³-hybridized carbons (Fsp3) is 0.652. The molecule has 0 radical (unpaired) electrons. The second kappa shape index (κ2) is 10.7. The summed E-state index contributed by atoms with van der Waals surface area (Å²) in [6.07, 6.45) is 2.81. The van der Waals surface area contributed by atoms with Crippen molar-refractivity contribution in [1.29, 1.82) is 0 Å². The smallest absolute Gasteiger partial charge is 0.224 e. The van der Waals surface area contributed by atoms with Crippen molar-refractivity contribution in [2.45, 2.75) is 76.5 Å². The lowest BCUT2D eigenvalue weighted by atomic mass is 9.91. The number of carbonyl (C=O) groups is 2. The number of benzene rings is 1. The molecule has 2 rings (SSSR count). The normalized spacial score (nSPS) is 30.9. The molecule has 2 unspecified atom stereocenters. The number of nitrogens with one attached hydrogen (secondary N) is 1. The minimum atomic E-state index is -0.963. The Balaban J connectivity index is 2.17. The molecule has 0 spiro atoms. The predicted molar refractivity (Wildman–Crippen MR) is 113 cm³/mol. The highest BCUT2D eigenvalue weighted by Gasteiger charge is 2.28. The van der Waals surface area contributed by atoms with Crippen molar-refractivity contribution in [3.63, 3.8) is 0 Å². The second-order valence-corrected chi connectivity index (χ2v) is 8.79. The molecule has 1 fully saturated rings. The molecule has 4 atom stereocenters. The van der Waals surface area contributed by atoms with E-state index in [1.807, 2.05) is 44.2 Å². The van der Waals surface area contributed by atoms with Crippen molar-refractivity contribution in [3.8, 4) is 0 Å². The summed E-state index contributed by atoms with van der Waals surface area (Å²) in [6, 6.07) is 9.14. The summed E-state index contributed by atoms with van der Waals surface area (Å²) in [4.78, 5) is 26.9. The molecule has 1 saturated heterocycles. The molecule has 3 N–H and O–H groups in total. The summed E-state index contributed by atoms with van der Waals surface area (Å²) in [5.41, 5.74) is 0.203. The van der Waals surface area contributed by atoms with Gasteiger partial charge in [-0.3, -0.25) is 9.59 Å². The molecule has 0 aliphatic carbocycles. The Labute approximate surface area is 174 Å². The lowest BCUT2D eigenvalue weighted by Gasteiger charge is -2.27. The Morgan fingerprint density at radius 3 is 2.52 bits per heavy atom. The van der Waals surface area contributed by atoms with E-state index in [-0.39, 0.29) is 24.2 Å². The van der Waals surface area contributed by atoms with E-state index in [0.717, 1.165) is 12.0 Å². The number of carbonyl (C=O) groups excluding carboxylic acids is 2. The number of hydrogen-bond donors (Lipinski definition) is 3. The van der Waals surface area contributed by atoms with E-state index in [2.05, 4.69) is 5.32 Å². The van der Waals surface area contributed by atoms with Gasteiger partial charge in [0.05, 0.1) is 24.2 Å². The summed E-state index contributed by atoms with van der Waals surface area (Å²) in [5.74, 6) is -0.507. The quantitative estimate of drug-likeness (QED) is 0.705. The first-order valence-corrected chi connectivity index (χ1v) is 10.7. The largest absolute Gasteiger partial charge is 0.390 e. The average molecular weight is 405 g/mol. The highest BCUT2D eigenvalue weighted by Crippen LogP contribution is 2.22. The van der Waals surface area contributed by atoms with Gasteiger partial charge in [-0.1, -0.05) is 37.3 Å². The van der Waals surface area contributed by atoms with Crippen LogP contribution in [0.3, 0.4) is 0 Å². The van der Waals surface area contributed by atoms with Crippen molar-refractivity contribution in [2.75, 3.05) is 13.6 Å². The minimum absolute atomic E-state index is 0.0426. The molecule has 162 valence electrons. The predicted octanol–water partition coefficient (Wildman–Crippen LogP) is 2.27. The first-order valence-electron chi connectivity index (χ1n) is 10.7. The van der Waals surface area contributed by atoms with Gasteiger partial charge in [0.1, 0.15) is 0 Å². The molecule has 6 nitrogen and oxygen atoms in total.